The number of nitrogens with zero attached hydrogens (tertiary/aromatic N) is 3. The molecule has 1 aromatic rings. The minimum absolute atomic E-state index is 0.106. The number of amides is 1. The topological polar surface area (TPSA) is 88.0 Å². The first kappa shape index (κ1) is 15.5. The van der Waals surface area contributed by atoms with E-state index in [1.807, 2.05) is 13.0 Å². The lowest BCUT2D eigenvalue weighted by atomic mass is 10.1. The van der Waals surface area contributed by atoms with Crippen molar-refractivity contribution < 1.29 is 9.53 Å². The van der Waals surface area contributed by atoms with Gasteiger partial charge >= 0.3 is 0 Å². The lowest BCUT2D eigenvalue weighted by Gasteiger charge is -2.30. The molecule has 8 heteroatoms. The zero-order valence-corrected chi connectivity index (χ0v) is 13.7. The van der Waals surface area contributed by atoms with Crippen molar-refractivity contribution in [3.8, 4) is 5.75 Å². The van der Waals surface area contributed by atoms with Crippen molar-refractivity contribution in [1.82, 2.24) is 10.3 Å². The summed E-state index contributed by atoms with van der Waals surface area (Å²) in [5.74, 6) is 1.39. The molecular formula is C15H16ClN5O2. The van der Waals surface area contributed by atoms with E-state index in [1.165, 1.54) is 0 Å². The van der Waals surface area contributed by atoms with Crippen LogP contribution in [-0.2, 0) is 4.79 Å². The molecule has 0 aromatic carbocycles. The lowest BCUT2D eigenvalue weighted by molar-refractivity contribution is -0.129. The van der Waals surface area contributed by atoms with Crippen LogP contribution in [0.1, 0.15) is 20.8 Å². The Morgan fingerprint density at radius 1 is 1.35 bits per heavy atom. The smallest absolute Gasteiger partial charge is 0.269 e. The first-order valence-corrected chi connectivity index (χ1v) is 7.50. The number of hydrogen-bond acceptors (Lipinski definition) is 4. The van der Waals surface area contributed by atoms with Crippen molar-refractivity contribution >= 4 is 41.3 Å². The molecular weight excluding hydrogens is 318 g/mol. The largest absolute Gasteiger partial charge is 0.474 e. The SMILES string of the molecule is CC1C=NC(=Nc2ccc3c(n2)NC(=O)C(C)(C)O3)NC(Cl)=C1. The summed E-state index contributed by atoms with van der Waals surface area (Å²) in [6.07, 6.45) is 3.55. The minimum atomic E-state index is -0.927. The third-order valence-electron chi connectivity index (χ3n) is 3.28. The number of allylic oxidation sites excluding steroid dienone is 1. The molecule has 2 aliphatic heterocycles. The summed E-state index contributed by atoms with van der Waals surface area (Å²) in [6.45, 7) is 5.35. The minimum Gasteiger partial charge on any atom is -0.474 e. The number of aromatic nitrogens is 1. The molecule has 1 aromatic heterocycles. The number of aliphatic imine (C=N–C) groups is 2. The number of carbonyl (C=O) groups is 1. The van der Waals surface area contributed by atoms with E-state index in [0.717, 1.165) is 0 Å². The highest BCUT2D eigenvalue weighted by atomic mass is 35.5. The third kappa shape index (κ3) is 3.34. The Balaban J connectivity index is 1.90. The van der Waals surface area contributed by atoms with E-state index >= 15 is 0 Å². The molecule has 0 saturated heterocycles. The van der Waals surface area contributed by atoms with Crippen molar-refractivity contribution in [3.63, 3.8) is 0 Å². The predicted molar refractivity (Wildman–Crippen MR) is 89.4 cm³/mol. The molecule has 3 rings (SSSR count). The summed E-state index contributed by atoms with van der Waals surface area (Å²) in [5, 5.41) is 6.04. The Labute approximate surface area is 138 Å². The zero-order valence-electron chi connectivity index (χ0n) is 12.9. The highest BCUT2D eigenvalue weighted by Gasteiger charge is 2.36. The van der Waals surface area contributed by atoms with Gasteiger partial charge in [-0.25, -0.2) is 9.98 Å². The third-order valence-corrected chi connectivity index (χ3v) is 3.50. The van der Waals surface area contributed by atoms with Crippen molar-refractivity contribution in [2.24, 2.45) is 15.9 Å². The van der Waals surface area contributed by atoms with Gasteiger partial charge in [0, 0.05) is 12.1 Å². The molecule has 120 valence electrons. The number of halogens is 1. The standard InChI is InChI=1S/C15H16ClN5O2/c1-8-6-10(16)18-14(17-7-8)20-11-5-4-9-12(19-11)21-13(22)15(2,3)23-9/h4-8H,1-3H3,(H2,18,19,20,21,22). The van der Waals surface area contributed by atoms with Gasteiger partial charge in [0.1, 0.15) is 5.16 Å². The van der Waals surface area contributed by atoms with Crippen molar-refractivity contribution in [2.45, 2.75) is 26.4 Å². The molecule has 1 amide bonds. The second-order valence-electron chi connectivity index (χ2n) is 5.79. The van der Waals surface area contributed by atoms with Gasteiger partial charge in [-0.1, -0.05) is 18.5 Å². The first-order valence-electron chi connectivity index (χ1n) is 7.12. The van der Waals surface area contributed by atoms with Gasteiger partial charge in [0.05, 0.1) is 0 Å². The zero-order chi connectivity index (χ0) is 16.6. The Morgan fingerprint density at radius 2 is 2.13 bits per heavy atom. The van der Waals surface area contributed by atoms with Crippen LogP contribution >= 0.6 is 11.6 Å². The molecule has 3 heterocycles. The molecule has 2 aliphatic rings. The van der Waals surface area contributed by atoms with Crippen molar-refractivity contribution in [2.75, 3.05) is 5.32 Å². The summed E-state index contributed by atoms with van der Waals surface area (Å²) < 4.78 is 5.63. The Morgan fingerprint density at radius 3 is 2.91 bits per heavy atom. The van der Waals surface area contributed by atoms with Gasteiger partial charge in [0.25, 0.3) is 5.91 Å². The van der Waals surface area contributed by atoms with E-state index in [0.29, 0.717) is 28.5 Å². The fourth-order valence-corrected chi connectivity index (χ4v) is 2.34. The van der Waals surface area contributed by atoms with Crippen LogP contribution in [0.4, 0.5) is 11.6 Å². The fourth-order valence-electron chi connectivity index (χ4n) is 2.06. The highest BCUT2D eigenvalue weighted by Crippen LogP contribution is 2.33. The Bertz CT molecular complexity index is 754. The maximum Gasteiger partial charge on any atom is 0.269 e. The Kier molecular flexibility index (Phi) is 3.81. The molecule has 0 radical (unpaired) electrons. The van der Waals surface area contributed by atoms with Gasteiger partial charge in [-0.15, -0.1) is 0 Å². The molecule has 23 heavy (non-hydrogen) atoms. The van der Waals surface area contributed by atoms with E-state index in [4.69, 9.17) is 16.3 Å². The average Bonchev–Trinajstić information content (AvgIpc) is 2.61. The predicted octanol–water partition coefficient (Wildman–Crippen LogP) is 2.57. The monoisotopic (exact) mass is 333 g/mol. The second kappa shape index (κ2) is 5.66. The number of guanidine groups is 1. The van der Waals surface area contributed by atoms with Gasteiger partial charge in [-0.2, -0.15) is 4.99 Å². The van der Waals surface area contributed by atoms with Crippen LogP contribution in [0.25, 0.3) is 0 Å². The van der Waals surface area contributed by atoms with Crippen molar-refractivity contribution in [1.29, 1.82) is 0 Å². The average molecular weight is 334 g/mol. The van der Waals surface area contributed by atoms with E-state index in [9.17, 15) is 4.79 Å². The number of rotatable bonds is 1. The van der Waals surface area contributed by atoms with Crippen LogP contribution in [-0.4, -0.2) is 28.7 Å². The van der Waals surface area contributed by atoms with Gasteiger partial charge in [-0.05, 0) is 32.1 Å². The summed E-state index contributed by atoms with van der Waals surface area (Å²) in [6, 6.07) is 3.39. The fraction of sp³-hybridized carbons (Fsp3) is 0.333. The van der Waals surface area contributed by atoms with Crippen LogP contribution in [0.3, 0.4) is 0 Å². The molecule has 0 spiro atoms. The molecule has 0 saturated carbocycles. The number of pyridine rings is 1. The van der Waals surface area contributed by atoms with Crippen LogP contribution in [0.5, 0.6) is 5.75 Å². The summed E-state index contributed by atoms with van der Waals surface area (Å²) in [5.41, 5.74) is -0.927. The van der Waals surface area contributed by atoms with Gasteiger partial charge in [0.15, 0.2) is 23.0 Å². The number of carbonyl (C=O) groups excluding carboxylic acids is 1. The summed E-state index contributed by atoms with van der Waals surface area (Å²) in [4.78, 5) is 24.7. The quantitative estimate of drug-likeness (QED) is 0.773. The van der Waals surface area contributed by atoms with Crippen molar-refractivity contribution in [3.05, 3.63) is 23.4 Å². The van der Waals surface area contributed by atoms with E-state index in [1.54, 1.807) is 32.2 Å². The summed E-state index contributed by atoms with van der Waals surface area (Å²) in [7, 11) is 0. The van der Waals surface area contributed by atoms with Gasteiger partial charge in [-0.3, -0.25) is 4.79 Å². The molecule has 0 fully saturated rings. The van der Waals surface area contributed by atoms with E-state index < -0.39 is 5.60 Å². The number of hydrogen-bond donors (Lipinski definition) is 2. The molecule has 2 N–H and O–H groups in total. The van der Waals surface area contributed by atoms with Gasteiger partial charge in [0.2, 0.25) is 5.96 Å². The molecule has 1 atom stereocenters. The lowest BCUT2D eigenvalue weighted by Crippen LogP contribution is -2.45. The van der Waals surface area contributed by atoms with Gasteiger partial charge < -0.3 is 15.4 Å². The van der Waals surface area contributed by atoms with Crippen LogP contribution < -0.4 is 15.4 Å². The first-order chi connectivity index (χ1) is 10.8. The summed E-state index contributed by atoms with van der Waals surface area (Å²) >= 11 is 6.03. The molecule has 7 nitrogen and oxygen atoms in total. The number of fused-ring (bicyclic) bond motifs is 1. The van der Waals surface area contributed by atoms with Crippen LogP contribution in [0.2, 0.25) is 0 Å². The number of ether oxygens (including phenoxy) is 1. The van der Waals surface area contributed by atoms with E-state index in [2.05, 4.69) is 25.6 Å². The second-order valence-corrected chi connectivity index (χ2v) is 6.20. The number of nitrogens with one attached hydrogen (secondary N) is 2. The molecule has 1 unspecified atom stereocenters. The maximum atomic E-state index is 11.9. The van der Waals surface area contributed by atoms with E-state index in [-0.39, 0.29) is 11.8 Å². The van der Waals surface area contributed by atoms with Crippen LogP contribution in [0, 0.1) is 5.92 Å². The normalized spacial score (nSPS) is 24.0. The molecule has 0 bridgehead atoms. The number of anilines is 1. The Hall–Kier alpha value is -2.41. The maximum absolute atomic E-state index is 11.9. The highest BCUT2D eigenvalue weighted by molar-refractivity contribution is 6.30. The van der Waals surface area contributed by atoms with Crippen LogP contribution in [0.15, 0.2) is 33.3 Å². The molecule has 0 aliphatic carbocycles.